The Bertz CT molecular complexity index is 1190. The lowest BCUT2D eigenvalue weighted by molar-refractivity contribution is -0.127. The lowest BCUT2D eigenvalue weighted by Crippen LogP contribution is -2.41. The van der Waals surface area contributed by atoms with Crippen LogP contribution >= 0.6 is 0 Å². The van der Waals surface area contributed by atoms with Crippen molar-refractivity contribution in [1.82, 2.24) is 9.47 Å². The zero-order valence-electron chi connectivity index (χ0n) is 18.1. The molecular formula is C24H30N2O3S. The van der Waals surface area contributed by atoms with Crippen molar-refractivity contribution in [1.29, 1.82) is 0 Å². The predicted molar refractivity (Wildman–Crippen MR) is 125 cm³/mol. The number of sulfone groups is 1. The van der Waals surface area contributed by atoms with Gasteiger partial charge in [0.1, 0.15) is 0 Å². The van der Waals surface area contributed by atoms with E-state index >= 15 is 0 Å². The molecule has 1 atom stereocenters. The average Bonchev–Trinajstić information content (AvgIpc) is 3.05. The Morgan fingerprint density at radius 3 is 2.43 bits per heavy atom. The van der Waals surface area contributed by atoms with E-state index in [2.05, 4.69) is 35.8 Å². The lowest BCUT2D eigenvalue weighted by Gasteiger charge is -2.26. The molecule has 0 radical (unpaired) electrons. The molecule has 2 aromatic carbocycles. The first-order valence-corrected chi connectivity index (χ1v) is 12.3. The van der Waals surface area contributed by atoms with Gasteiger partial charge in [0.15, 0.2) is 9.84 Å². The van der Waals surface area contributed by atoms with E-state index in [-0.39, 0.29) is 23.5 Å². The number of fused-ring (bicyclic) bond motifs is 3. The summed E-state index contributed by atoms with van der Waals surface area (Å²) in [5.41, 5.74) is 3.32. The summed E-state index contributed by atoms with van der Waals surface area (Å²) in [5, 5.41) is 2.36. The number of rotatable bonds is 8. The van der Waals surface area contributed by atoms with Gasteiger partial charge in [0.25, 0.3) is 0 Å². The molecule has 3 aromatic rings. The molecule has 0 bridgehead atoms. The van der Waals surface area contributed by atoms with Crippen molar-refractivity contribution in [2.45, 2.75) is 40.3 Å². The van der Waals surface area contributed by atoms with Crippen molar-refractivity contribution in [3.63, 3.8) is 0 Å². The number of aryl methyl sites for hydroxylation is 1. The van der Waals surface area contributed by atoms with Crippen molar-refractivity contribution in [3.05, 3.63) is 54.1 Å². The van der Waals surface area contributed by atoms with Gasteiger partial charge < -0.3 is 9.47 Å². The summed E-state index contributed by atoms with van der Waals surface area (Å²) in [4.78, 5) is 14.3. The fourth-order valence-corrected chi connectivity index (χ4v) is 5.19. The molecule has 0 saturated heterocycles. The van der Waals surface area contributed by atoms with Gasteiger partial charge in [0, 0.05) is 52.8 Å². The topological polar surface area (TPSA) is 59.4 Å². The summed E-state index contributed by atoms with van der Waals surface area (Å²) in [7, 11) is -3.14. The van der Waals surface area contributed by atoms with Crippen LogP contribution < -0.4 is 0 Å². The van der Waals surface area contributed by atoms with E-state index < -0.39 is 9.84 Å². The molecule has 160 valence electrons. The Labute approximate surface area is 178 Å². The first-order valence-electron chi connectivity index (χ1n) is 10.5. The fraction of sp³-hybridized carbons (Fsp3) is 0.375. The number of carbonyl (C=O) groups excluding carboxylic acids is 1. The van der Waals surface area contributed by atoms with E-state index in [0.29, 0.717) is 6.54 Å². The van der Waals surface area contributed by atoms with Crippen LogP contribution in [0.1, 0.15) is 33.3 Å². The van der Waals surface area contributed by atoms with Crippen LogP contribution in [0.4, 0.5) is 0 Å². The minimum Gasteiger partial charge on any atom is -0.341 e. The van der Waals surface area contributed by atoms with Crippen LogP contribution in [-0.4, -0.2) is 47.9 Å². The van der Waals surface area contributed by atoms with E-state index in [4.69, 9.17) is 0 Å². The van der Waals surface area contributed by atoms with Gasteiger partial charge in [0.2, 0.25) is 5.91 Å². The first kappa shape index (κ1) is 22.1. The second kappa shape index (κ2) is 9.04. The van der Waals surface area contributed by atoms with Crippen LogP contribution in [0, 0.1) is 0 Å². The van der Waals surface area contributed by atoms with Gasteiger partial charge in [-0.2, -0.15) is 0 Å². The first-order chi connectivity index (χ1) is 14.3. The summed E-state index contributed by atoms with van der Waals surface area (Å²) >= 11 is 0. The molecule has 3 rings (SSSR count). The number of nitrogens with zero attached hydrogens (tertiary/aromatic N) is 2. The minimum absolute atomic E-state index is 0.0145. The molecule has 0 aliphatic carbocycles. The molecule has 1 aromatic heterocycles. The van der Waals surface area contributed by atoms with E-state index in [1.165, 1.54) is 16.4 Å². The van der Waals surface area contributed by atoms with Crippen molar-refractivity contribution in [2.24, 2.45) is 0 Å². The number of benzene rings is 2. The molecule has 0 saturated carbocycles. The van der Waals surface area contributed by atoms with Crippen LogP contribution in [0.3, 0.4) is 0 Å². The Morgan fingerprint density at radius 1 is 1.07 bits per heavy atom. The van der Waals surface area contributed by atoms with E-state index in [0.717, 1.165) is 17.5 Å². The number of carbonyl (C=O) groups is 1. The van der Waals surface area contributed by atoms with Crippen LogP contribution in [0.15, 0.2) is 48.5 Å². The predicted octanol–water partition coefficient (Wildman–Crippen LogP) is 4.50. The van der Waals surface area contributed by atoms with E-state index in [9.17, 15) is 13.2 Å². The zero-order chi connectivity index (χ0) is 21.9. The highest BCUT2D eigenvalue weighted by molar-refractivity contribution is 7.91. The third kappa shape index (κ3) is 4.43. The van der Waals surface area contributed by atoms with Crippen molar-refractivity contribution in [2.75, 3.05) is 18.1 Å². The second-order valence-electron chi connectivity index (χ2n) is 7.54. The summed E-state index contributed by atoms with van der Waals surface area (Å²) in [6.07, 6.45) is 3.35. The fourth-order valence-electron chi connectivity index (χ4n) is 4.04. The summed E-state index contributed by atoms with van der Waals surface area (Å²) in [6, 6.07) is 14.2. The van der Waals surface area contributed by atoms with Crippen LogP contribution in [0.5, 0.6) is 0 Å². The summed E-state index contributed by atoms with van der Waals surface area (Å²) in [6.45, 7) is 8.78. The maximum Gasteiger partial charge on any atom is 0.246 e. The van der Waals surface area contributed by atoms with Crippen LogP contribution in [0.2, 0.25) is 0 Å². The van der Waals surface area contributed by atoms with Gasteiger partial charge in [0.05, 0.1) is 5.75 Å². The molecule has 5 nitrogen and oxygen atoms in total. The quantitative estimate of drug-likeness (QED) is 0.498. The molecule has 1 amide bonds. The highest BCUT2D eigenvalue weighted by atomic mass is 32.2. The number of aromatic nitrogens is 1. The number of likely N-dealkylation sites (N-methyl/N-ethyl adjacent to an activating group) is 1. The maximum atomic E-state index is 12.7. The summed E-state index contributed by atoms with van der Waals surface area (Å²) in [5.74, 6) is -0.101. The molecule has 0 aliphatic heterocycles. The minimum atomic E-state index is -3.14. The molecule has 0 aliphatic rings. The zero-order valence-corrected chi connectivity index (χ0v) is 18.9. The number of para-hydroxylation sites is 1. The molecule has 1 unspecified atom stereocenters. The maximum absolute atomic E-state index is 12.7. The smallest absolute Gasteiger partial charge is 0.246 e. The SMILES string of the molecule is CCN(C(=O)C=Cc1ccc2c(c1)c1ccccc1n2CC)C(C)CS(=O)(=O)CC. The molecule has 0 fully saturated rings. The number of hydrogen-bond acceptors (Lipinski definition) is 3. The third-order valence-electron chi connectivity index (χ3n) is 5.62. The summed E-state index contributed by atoms with van der Waals surface area (Å²) < 4.78 is 26.2. The number of hydrogen-bond donors (Lipinski definition) is 0. The van der Waals surface area contributed by atoms with Crippen molar-refractivity contribution in [3.8, 4) is 0 Å². The molecule has 0 spiro atoms. The monoisotopic (exact) mass is 426 g/mol. The van der Waals surface area contributed by atoms with Gasteiger partial charge in [-0.1, -0.05) is 31.2 Å². The van der Waals surface area contributed by atoms with Crippen LogP contribution in [0.25, 0.3) is 27.9 Å². The highest BCUT2D eigenvalue weighted by Gasteiger charge is 2.21. The average molecular weight is 427 g/mol. The van der Waals surface area contributed by atoms with Gasteiger partial charge in [-0.3, -0.25) is 4.79 Å². The van der Waals surface area contributed by atoms with E-state index in [1.807, 2.05) is 31.2 Å². The van der Waals surface area contributed by atoms with E-state index in [1.54, 1.807) is 24.8 Å². The largest absolute Gasteiger partial charge is 0.341 e. The Balaban J connectivity index is 1.87. The third-order valence-corrected chi connectivity index (χ3v) is 7.49. The normalized spacial score (nSPS) is 13.3. The second-order valence-corrected chi connectivity index (χ2v) is 9.94. The Morgan fingerprint density at radius 2 is 1.77 bits per heavy atom. The Hall–Kier alpha value is -2.60. The van der Waals surface area contributed by atoms with Crippen molar-refractivity contribution < 1.29 is 13.2 Å². The standard InChI is InChI=1S/C24H30N2O3S/c1-5-25(18(4)17-30(28,29)7-3)24(27)15-13-19-12-14-23-21(16-19)20-10-8-9-11-22(20)26(23)6-2/h8-16,18H,5-7,17H2,1-4H3. The van der Waals surface area contributed by atoms with Crippen molar-refractivity contribution >= 4 is 43.6 Å². The highest BCUT2D eigenvalue weighted by Crippen LogP contribution is 2.30. The lowest BCUT2D eigenvalue weighted by atomic mass is 10.1. The molecule has 6 heteroatoms. The molecule has 0 N–H and O–H groups in total. The van der Waals surface area contributed by atoms with Crippen LogP contribution in [-0.2, 0) is 21.2 Å². The number of amides is 1. The molecule has 1 heterocycles. The molecule has 30 heavy (non-hydrogen) atoms. The molecular weight excluding hydrogens is 396 g/mol. The van der Waals surface area contributed by atoms with Gasteiger partial charge >= 0.3 is 0 Å². The van der Waals surface area contributed by atoms with Gasteiger partial charge in [-0.15, -0.1) is 0 Å². The Kier molecular flexibility index (Phi) is 6.66. The van der Waals surface area contributed by atoms with Gasteiger partial charge in [-0.05, 0) is 50.6 Å². The van der Waals surface area contributed by atoms with Gasteiger partial charge in [-0.25, -0.2) is 8.42 Å².